The van der Waals surface area contributed by atoms with Crippen molar-refractivity contribution in [2.75, 3.05) is 5.32 Å². The Labute approximate surface area is 142 Å². The summed E-state index contributed by atoms with van der Waals surface area (Å²) in [6.45, 7) is 5.11. The van der Waals surface area contributed by atoms with Crippen LogP contribution in [0.15, 0.2) is 42.7 Å². The summed E-state index contributed by atoms with van der Waals surface area (Å²) in [6.07, 6.45) is 4.01. The van der Waals surface area contributed by atoms with Crippen molar-refractivity contribution in [2.45, 2.75) is 39.4 Å². The van der Waals surface area contributed by atoms with Crippen LogP contribution in [0.25, 0.3) is 0 Å². The van der Waals surface area contributed by atoms with Gasteiger partial charge in [-0.2, -0.15) is 0 Å². The molecule has 2 aromatic rings. The zero-order valence-corrected chi connectivity index (χ0v) is 14.1. The molecule has 0 radical (unpaired) electrons. The Bertz CT molecular complexity index is 629. The predicted molar refractivity (Wildman–Crippen MR) is 93.5 cm³/mol. The molecule has 6 heteroatoms. The van der Waals surface area contributed by atoms with Crippen molar-refractivity contribution < 1.29 is 9.90 Å². The third-order valence-electron chi connectivity index (χ3n) is 3.56. The average Bonchev–Trinajstić information content (AvgIpc) is 2.58. The molecular weight excluding hydrogens is 304 g/mol. The van der Waals surface area contributed by atoms with E-state index in [4.69, 9.17) is 0 Å². The summed E-state index contributed by atoms with van der Waals surface area (Å²) in [4.78, 5) is 19.8. The third kappa shape index (κ3) is 5.96. The molecule has 1 aromatic heterocycles. The number of rotatable bonds is 9. The first-order valence-corrected chi connectivity index (χ1v) is 8.09. The van der Waals surface area contributed by atoms with Gasteiger partial charge < -0.3 is 15.7 Å². The van der Waals surface area contributed by atoms with Crippen molar-refractivity contribution in [3.05, 3.63) is 53.9 Å². The Morgan fingerprint density at radius 2 is 1.75 bits per heavy atom. The summed E-state index contributed by atoms with van der Waals surface area (Å²) in [5.41, 5.74) is 2.01. The molecule has 1 aromatic carbocycles. The summed E-state index contributed by atoms with van der Waals surface area (Å²) in [7, 11) is 0. The van der Waals surface area contributed by atoms with Crippen LogP contribution in [0, 0.1) is 5.92 Å². The predicted octanol–water partition coefficient (Wildman–Crippen LogP) is 2.68. The normalized spacial score (nSPS) is 12.1. The van der Waals surface area contributed by atoms with E-state index in [1.54, 1.807) is 12.4 Å². The second kappa shape index (κ2) is 8.98. The quantitative estimate of drug-likeness (QED) is 0.656. The van der Waals surface area contributed by atoms with E-state index in [-0.39, 0.29) is 0 Å². The van der Waals surface area contributed by atoms with Crippen LogP contribution in [0.3, 0.4) is 0 Å². The maximum Gasteiger partial charge on any atom is 0.320 e. The topological polar surface area (TPSA) is 87.1 Å². The minimum atomic E-state index is -0.828. The van der Waals surface area contributed by atoms with Crippen molar-refractivity contribution in [1.29, 1.82) is 0 Å². The van der Waals surface area contributed by atoms with E-state index in [1.807, 2.05) is 44.2 Å². The Hall–Kier alpha value is -2.47. The highest BCUT2D eigenvalue weighted by molar-refractivity contribution is 5.73. The highest BCUT2D eigenvalue weighted by Gasteiger charge is 2.17. The highest BCUT2D eigenvalue weighted by atomic mass is 16.4. The van der Waals surface area contributed by atoms with Gasteiger partial charge in [0.15, 0.2) is 0 Å². The molecular formula is C18H24N4O2. The lowest BCUT2D eigenvalue weighted by Gasteiger charge is -2.16. The van der Waals surface area contributed by atoms with E-state index < -0.39 is 12.0 Å². The molecule has 0 aliphatic heterocycles. The maximum absolute atomic E-state index is 11.2. The Morgan fingerprint density at radius 1 is 1.08 bits per heavy atom. The van der Waals surface area contributed by atoms with Gasteiger partial charge in [0, 0.05) is 31.0 Å². The van der Waals surface area contributed by atoms with Crippen molar-refractivity contribution in [2.24, 2.45) is 5.92 Å². The smallest absolute Gasteiger partial charge is 0.320 e. The Balaban J connectivity index is 1.84. The lowest BCUT2D eigenvalue weighted by molar-refractivity contribution is -0.140. The molecule has 1 heterocycles. The van der Waals surface area contributed by atoms with Gasteiger partial charge >= 0.3 is 5.97 Å². The minimum absolute atomic E-state index is 0.319. The van der Waals surface area contributed by atoms with Crippen molar-refractivity contribution in [1.82, 2.24) is 15.3 Å². The van der Waals surface area contributed by atoms with Gasteiger partial charge in [-0.05, 0) is 17.9 Å². The number of nitrogens with zero attached hydrogens (tertiary/aromatic N) is 2. The van der Waals surface area contributed by atoms with Gasteiger partial charge in [-0.1, -0.05) is 44.2 Å². The van der Waals surface area contributed by atoms with Crippen molar-refractivity contribution in [3.63, 3.8) is 0 Å². The monoisotopic (exact) mass is 328 g/mol. The van der Waals surface area contributed by atoms with Crippen LogP contribution >= 0.6 is 0 Å². The average molecular weight is 328 g/mol. The molecule has 3 N–H and O–H groups in total. The molecule has 6 nitrogen and oxygen atoms in total. The molecule has 24 heavy (non-hydrogen) atoms. The molecule has 0 saturated carbocycles. The Kier molecular flexibility index (Phi) is 6.69. The summed E-state index contributed by atoms with van der Waals surface area (Å²) < 4.78 is 0. The fourth-order valence-corrected chi connectivity index (χ4v) is 2.30. The van der Waals surface area contributed by atoms with E-state index in [9.17, 15) is 9.90 Å². The lowest BCUT2D eigenvalue weighted by Crippen LogP contribution is -2.37. The van der Waals surface area contributed by atoms with Crippen LogP contribution in [-0.2, 0) is 17.9 Å². The van der Waals surface area contributed by atoms with Crippen molar-refractivity contribution >= 4 is 11.9 Å². The van der Waals surface area contributed by atoms with Gasteiger partial charge in [0.1, 0.15) is 6.04 Å². The summed E-state index contributed by atoms with van der Waals surface area (Å²) in [5.74, 6) is 0.0461. The zero-order valence-electron chi connectivity index (χ0n) is 14.1. The van der Waals surface area contributed by atoms with Crippen LogP contribution in [-0.4, -0.2) is 27.1 Å². The van der Waals surface area contributed by atoms with Gasteiger partial charge in [0.2, 0.25) is 5.95 Å². The molecule has 0 spiro atoms. The standard InChI is InChI=1S/C18H24N4O2/c1-13(2)8-16(17(23)24)19-10-15-11-21-18(22-12-15)20-9-14-6-4-3-5-7-14/h3-7,11-13,16,19H,8-10H2,1-2H3,(H,23,24)(H,20,21,22). The number of carboxylic acids is 1. The molecule has 0 saturated heterocycles. The third-order valence-corrected chi connectivity index (χ3v) is 3.56. The number of aliphatic carboxylic acids is 1. The lowest BCUT2D eigenvalue weighted by atomic mass is 10.0. The minimum Gasteiger partial charge on any atom is -0.480 e. The fraction of sp³-hybridized carbons (Fsp3) is 0.389. The number of carboxylic acid groups (broad SMARTS) is 1. The van der Waals surface area contributed by atoms with Gasteiger partial charge in [-0.15, -0.1) is 0 Å². The molecule has 0 fully saturated rings. The number of benzene rings is 1. The maximum atomic E-state index is 11.2. The summed E-state index contributed by atoms with van der Waals surface area (Å²) in [6, 6.07) is 9.47. The second-order valence-corrected chi connectivity index (χ2v) is 6.16. The SMILES string of the molecule is CC(C)CC(NCc1cnc(NCc2ccccc2)nc1)C(=O)O. The Morgan fingerprint density at radius 3 is 2.33 bits per heavy atom. The number of anilines is 1. The largest absolute Gasteiger partial charge is 0.480 e. The summed E-state index contributed by atoms with van der Waals surface area (Å²) >= 11 is 0. The van der Waals surface area contributed by atoms with Crippen LogP contribution in [0.2, 0.25) is 0 Å². The first-order valence-electron chi connectivity index (χ1n) is 8.09. The van der Waals surface area contributed by atoms with Gasteiger partial charge in [-0.25, -0.2) is 9.97 Å². The van der Waals surface area contributed by atoms with Crippen LogP contribution < -0.4 is 10.6 Å². The molecule has 0 aliphatic rings. The van der Waals surface area contributed by atoms with E-state index in [1.165, 1.54) is 0 Å². The number of hydrogen-bond donors (Lipinski definition) is 3. The molecule has 0 aliphatic carbocycles. The fourth-order valence-electron chi connectivity index (χ4n) is 2.30. The molecule has 1 unspecified atom stereocenters. The van der Waals surface area contributed by atoms with E-state index in [0.717, 1.165) is 11.1 Å². The van der Waals surface area contributed by atoms with Gasteiger partial charge in [0.05, 0.1) is 0 Å². The van der Waals surface area contributed by atoms with Crippen LogP contribution in [0.1, 0.15) is 31.4 Å². The van der Waals surface area contributed by atoms with Crippen molar-refractivity contribution in [3.8, 4) is 0 Å². The van der Waals surface area contributed by atoms with Crippen LogP contribution in [0.4, 0.5) is 5.95 Å². The second-order valence-electron chi connectivity index (χ2n) is 6.16. The number of carbonyl (C=O) groups is 1. The first-order chi connectivity index (χ1) is 11.5. The molecule has 0 bridgehead atoms. The van der Waals surface area contributed by atoms with Crippen LogP contribution in [0.5, 0.6) is 0 Å². The van der Waals surface area contributed by atoms with Gasteiger partial charge in [-0.3, -0.25) is 4.79 Å². The molecule has 1 atom stereocenters. The molecule has 0 amide bonds. The van der Waals surface area contributed by atoms with Gasteiger partial charge in [0.25, 0.3) is 0 Å². The number of aromatic nitrogens is 2. The molecule has 2 rings (SSSR count). The number of hydrogen-bond acceptors (Lipinski definition) is 5. The van der Waals surface area contributed by atoms with E-state index in [0.29, 0.717) is 31.4 Å². The summed E-state index contributed by atoms with van der Waals surface area (Å²) in [5, 5.41) is 15.4. The zero-order chi connectivity index (χ0) is 17.4. The van der Waals surface area contributed by atoms with E-state index >= 15 is 0 Å². The van der Waals surface area contributed by atoms with E-state index in [2.05, 4.69) is 20.6 Å². The first kappa shape index (κ1) is 17.9. The number of nitrogens with one attached hydrogen (secondary N) is 2. The highest BCUT2D eigenvalue weighted by Crippen LogP contribution is 2.07. The molecule has 128 valence electrons.